The van der Waals surface area contributed by atoms with Crippen LogP contribution in [-0.2, 0) is 0 Å². The van der Waals surface area contributed by atoms with Gasteiger partial charge >= 0.3 is 0 Å². The standard InChI is InChI=1S/C14H10O/c15-14-11-7-3-6-9-8-4-1-2-5-10(8)13(14)12(9)11/h1-7,13-15H. The largest absolute Gasteiger partial charge is 0.387 e. The summed E-state index contributed by atoms with van der Waals surface area (Å²) in [5.41, 5.74) is 6.38. The van der Waals surface area contributed by atoms with E-state index in [4.69, 9.17) is 0 Å². The molecule has 1 N–H and O–H groups in total. The van der Waals surface area contributed by atoms with Gasteiger partial charge in [-0.15, -0.1) is 0 Å². The molecule has 0 aliphatic heterocycles. The quantitative estimate of drug-likeness (QED) is 0.683. The fraction of sp³-hybridized carbons (Fsp3) is 0.143. The molecule has 4 rings (SSSR count). The molecule has 0 spiro atoms. The Kier molecular flexibility index (Phi) is 1.18. The number of fused-ring (bicyclic) bond motifs is 3. The van der Waals surface area contributed by atoms with Gasteiger partial charge in [-0.2, -0.15) is 0 Å². The van der Waals surface area contributed by atoms with E-state index in [1.165, 1.54) is 22.3 Å². The maximum atomic E-state index is 10.0. The molecular formula is C14H10O. The minimum absolute atomic E-state index is 0.243. The molecule has 2 unspecified atom stereocenters. The minimum Gasteiger partial charge on any atom is -0.387 e. The average molecular weight is 194 g/mol. The molecule has 1 nitrogen and oxygen atoms in total. The third-order valence-corrected chi connectivity index (χ3v) is 3.67. The number of aliphatic hydroxyl groups is 1. The second-order valence-electron chi connectivity index (χ2n) is 4.32. The van der Waals surface area contributed by atoms with Crippen molar-refractivity contribution in [2.24, 2.45) is 0 Å². The van der Waals surface area contributed by atoms with Crippen molar-refractivity contribution in [1.82, 2.24) is 0 Å². The molecule has 0 aromatic heterocycles. The molecule has 0 saturated carbocycles. The third kappa shape index (κ3) is 0.712. The summed E-state index contributed by atoms with van der Waals surface area (Å²) < 4.78 is 0. The molecule has 2 aliphatic rings. The molecule has 15 heavy (non-hydrogen) atoms. The van der Waals surface area contributed by atoms with E-state index in [0.29, 0.717) is 0 Å². The van der Waals surface area contributed by atoms with Gasteiger partial charge < -0.3 is 5.11 Å². The van der Waals surface area contributed by atoms with Crippen LogP contribution in [0.5, 0.6) is 0 Å². The van der Waals surface area contributed by atoms with Crippen LogP contribution < -0.4 is 0 Å². The molecule has 2 aliphatic carbocycles. The van der Waals surface area contributed by atoms with Crippen LogP contribution in [0.3, 0.4) is 0 Å². The van der Waals surface area contributed by atoms with E-state index in [2.05, 4.69) is 30.3 Å². The first-order valence-electron chi connectivity index (χ1n) is 5.28. The van der Waals surface area contributed by atoms with Crippen molar-refractivity contribution in [3.63, 3.8) is 0 Å². The van der Waals surface area contributed by atoms with E-state index < -0.39 is 0 Å². The molecule has 2 atom stereocenters. The van der Waals surface area contributed by atoms with Gasteiger partial charge in [0, 0.05) is 5.92 Å². The maximum absolute atomic E-state index is 10.0. The zero-order valence-electron chi connectivity index (χ0n) is 8.14. The summed E-state index contributed by atoms with van der Waals surface area (Å²) >= 11 is 0. The first kappa shape index (κ1) is 7.66. The summed E-state index contributed by atoms with van der Waals surface area (Å²) in [6, 6.07) is 14.6. The fourth-order valence-electron chi connectivity index (χ4n) is 3.00. The predicted molar refractivity (Wildman–Crippen MR) is 58.7 cm³/mol. The Morgan fingerprint density at radius 1 is 0.800 bits per heavy atom. The van der Waals surface area contributed by atoms with Crippen LogP contribution in [0.4, 0.5) is 0 Å². The summed E-state index contributed by atoms with van der Waals surface area (Å²) in [7, 11) is 0. The minimum atomic E-state index is -0.288. The summed E-state index contributed by atoms with van der Waals surface area (Å²) in [5.74, 6) is 0.243. The van der Waals surface area contributed by atoms with Crippen molar-refractivity contribution in [3.05, 3.63) is 59.2 Å². The van der Waals surface area contributed by atoms with E-state index in [-0.39, 0.29) is 12.0 Å². The molecule has 0 saturated heterocycles. The second kappa shape index (κ2) is 2.31. The highest BCUT2D eigenvalue weighted by atomic mass is 16.3. The molecule has 0 heterocycles. The number of aliphatic hydroxyl groups excluding tert-OH is 1. The molecule has 72 valence electrons. The number of hydrogen-bond donors (Lipinski definition) is 1. The molecule has 0 fully saturated rings. The van der Waals surface area contributed by atoms with Crippen LogP contribution in [0.2, 0.25) is 0 Å². The van der Waals surface area contributed by atoms with E-state index in [1.807, 2.05) is 12.1 Å². The average Bonchev–Trinajstić information content (AvgIpc) is 2.61. The lowest BCUT2D eigenvalue weighted by molar-refractivity contribution is 0.134. The van der Waals surface area contributed by atoms with Crippen LogP contribution in [0.1, 0.15) is 28.7 Å². The summed E-state index contributed by atoms with van der Waals surface area (Å²) in [6.07, 6.45) is -0.288. The van der Waals surface area contributed by atoms with E-state index in [9.17, 15) is 5.11 Å². The Hall–Kier alpha value is -1.60. The van der Waals surface area contributed by atoms with Gasteiger partial charge in [-0.3, -0.25) is 0 Å². The van der Waals surface area contributed by atoms with E-state index >= 15 is 0 Å². The molecule has 2 aromatic carbocycles. The molecule has 0 amide bonds. The summed E-state index contributed by atoms with van der Waals surface area (Å²) in [6.45, 7) is 0. The lowest BCUT2D eigenvalue weighted by Gasteiger charge is -2.33. The smallest absolute Gasteiger partial charge is 0.0902 e. The summed E-state index contributed by atoms with van der Waals surface area (Å²) in [4.78, 5) is 0. The lowest BCUT2D eigenvalue weighted by Crippen LogP contribution is -2.22. The van der Waals surface area contributed by atoms with Crippen LogP contribution in [-0.4, -0.2) is 5.11 Å². The van der Waals surface area contributed by atoms with Crippen molar-refractivity contribution in [2.75, 3.05) is 0 Å². The van der Waals surface area contributed by atoms with Gasteiger partial charge in [0.05, 0.1) is 6.10 Å². The van der Waals surface area contributed by atoms with Crippen molar-refractivity contribution in [3.8, 4) is 11.1 Å². The SMILES string of the molecule is OC1c2cccc3c2C1c1ccccc1-3. The highest BCUT2D eigenvalue weighted by Gasteiger charge is 2.44. The van der Waals surface area contributed by atoms with Gasteiger partial charge in [0.2, 0.25) is 0 Å². The monoisotopic (exact) mass is 194 g/mol. The molecule has 1 heteroatoms. The van der Waals surface area contributed by atoms with E-state index in [1.54, 1.807) is 0 Å². The van der Waals surface area contributed by atoms with Gasteiger partial charge in [-0.25, -0.2) is 0 Å². The zero-order chi connectivity index (χ0) is 9.99. The van der Waals surface area contributed by atoms with Crippen molar-refractivity contribution in [1.29, 1.82) is 0 Å². The Morgan fingerprint density at radius 3 is 2.47 bits per heavy atom. The van der Waals surface area contributed by atoms with Gasteiger partial charge in [-0.05, 0) is 27.8 Å². The van der Waals surface area contributed by atoms with Crippen LogP contribution in [0.15, 0.2) is 42.5 Å². The summed E-state index contributed by atoms with van der Waals surface area (Å²) in [5, 5.41) is 10.0. The molecule has 2 aromatic rings. The number of hydrogen-bond acceptors (Lipinski definition) is 1. The number of benzene rings is 2. The molecule has 0 bridgehead atoms. The van der Waals surface area contributed by atoms with Crippen LogP contribution in [0, 0.1) is 0 Å². The highest BCUT2D eigenvalue weighted by molar-refractivity contribution is 5.83. The van der Waals surface area contributed by atoms with Crippen LogP contribution >= 0.6 is 0 Å². The predicted octanol–water partition coefficient (Wildman–Crippen LogP) is 2.85. The normalized spacial score (nSPS) is 24.3. The Labute approximate surface area is 88.0 Å². The highest BCUT2D eigenvalue weighted by Crippen LogP contribution is 2.59. The van der Waals surface area contributed by atoms with Gasteiger partial charge in [0.25, 0.3) is 0 Å². The first-order valence-corrected chi connectivity index (χ1v) is 5.28. The first-order chi connectivity index (χ1) is 7.38. The topological polar surface area (TPSA) is 20.2 Å². The lowest BCUT2D eigenvalue weighted by atomic mass is 9.74. The van der Waals surface area contributed by atoms with Gasteiger partial charge in [-0.1, -0.05) is 42.5 Å². The van der Waals surface area contributed by atoms with E-state index in [0.717, 1.165) is 5.56 Å². The van der Waals surface area contributed by atoms with Crippen molar-refractivity contribution in [2.45, 2.75) is 12.0 Å². The fourth-order valence-corrected chi connectivity index (χ4v) is 3.00. The van der Waals surface area contributed by atoms with Gasteiger partial charge in [0.15, 0.2) is 0 Å². The molecule has 0 radical (unpaired) electrons. The Morgan fingerprint density at radius 2 is 1.53 bits per heavy atom. The Balaban J connectivity index is 2.14. The number of rotatable bonds is 0. The van der Waals surface area contributed by atoms with Gasteiger partial charge in [0.1, 0.15) is 0 Å². The van der Waals surface area contributed by atoms with Crippen molar-refractivity contribution < 1.29 is 5.11 Å². The van der Waals surface area contributed by atoms with Crippen molar-refractivity contribution >= 4 is 0 Å². The maximum Gasteiger partial charge on any atom is 0.0902 e. The zero-order valence-corrected chi connectivity index (χ0v) is 8.14. The third-order valence-electron chi connectivity index (χ3n) is 3.67. The molecular weight excluding hydrogens is 184 g/mol. The second-order valence-corrected chi connectivity index (χ2v) is 4.32. The van der Waals surface area contributed by atoms with Crippen LogP contribution in [0.25, 0.3) is 11.1 Å². The Bertz CT molecular complexity index is 571.